The third kappa shape index (κ3) is 5.48. The second-order valence-corrected chi connectivity index (χ2v) is 5.31. The molecule has 2 aromatic carbocycles. The molecule has 3 nitrogen and oxygen atoms in total. The molecule has 0 bridgehead atoms. The van der Waals surface area contributed by atoms with Crippen LogP contribution in [0.1, 0.15) is 19.4 Å². The highest BCUT2D eigenvalue weighted by Gasteiger charge is 2.02. The van der Waals surface area contributed by atoms with Crippen LogP contribution in [0.5, 0.6) is 5.75 Å². The van der Waals surface area contributed by atoms with Crippen molar-refractivity contribution in [3.63, 3.8) is 0 Å². The number of nitrogens with one attached hydrogen (secondary N) is 2. The van der Waals surface area contributed by atoms with Crippen LogP contribution < -0.4 is 15.4 Å². The average Bonchev–Trinajstić information content (AvgIpc) is 2.51. The van der Waals surface area contributed by atoms with Crippen LogP contribution in [0.4, 0.5) is 5.69 Å². The van der Waals surface area contributed by atoms with Gasteiger partial charge in [-0.25, -0.2) is 0 Å². The summed E-state index contributed by atoms with van der Waals surface area (Å²) in [5.41, 5.74) is 2.22. The highest BCUT2D eigenvalue weighted by molar-refractivity contribution is 5.56. The summed E-state index contributed by atoms with van der Waals surface area (Å²) in [5, 5.41) is 6.81. The molecular formula is C18H24N2O. The topological polar surface area (TPSA) is 33.3 Å². The minimum Gasteiger partial charge on any atom is -0.487 e. The fraction of sp³-hybridized carbons (Fsp3) is 0.333. The predicted molar refractivity (Wildman–Crippen MR) is 88.8 cm³/mol. The summed E-state index contributed by atoms with van der Waals surface area (Å²) < 4.78 is 5.92. The Bertz CT molecular complexity index is 526. The zero-order valence-corrected chi connectivity index (χ0v) is 12.8. The van der Waals surface area contributed by atoms with Crippen LogP contribution in [-0.4, -0.2) is 19.1 Å². The lowest BCUT2D eigenvalue weighted by atomic mass is 10.2. The first-order valence-electron chi connectivity index (χ1n) is 7.48. The van der Waals surface area contributed by atoms with E-state index >= 15 is 0 Å². The first-order valence-corrected chi connectivity index (χ1v) is 7.48. The van der Waals surface area contributed by atoms with Gasteiger partial charge >= 0.3 is 0 Å². The molecule has 112 valence electrons. The predicted octanol–water partition coefficient (Wildman–Crippen LogP) is 3.68. The number of benzene rings is 2. The van der Waals surface area contributed by atoms with Crippen LogP contribution in [0.15, 0.2) is 54.6 Å². The molecule has 0 aliphatic heterocycles. The van der Waals surface area contributed by atoms with Crippen molar-refractivity contribution in [2.75, 3.05) is 18.4 Å². The summed E-state index contributed by atoms with van der Waals surface area (Å²) in [4.78, 5) is 0. The molecule has 0 saturated heterocycles. The SMILES string of the molecule is CC(C)NCCNc1ccccc1OCc1ccccc1. The molecule has 0 amide bonds. The zero-order chi connectivity index (χ0) is 14.9. The lowest BCUT2D eigenvalue weighted by Crippen LogP contribution is -2.28. The Hall–Kier alpha value is -2.00. The van der Waals surface area contributed by atoms with E-state index in [-0.39, 0.29) is 0 Å². The molecule has 21 heavy (non-hydrogen) atoms. The van der Waals surface area contributed by atoms with Crippen LogP contribution in [0, 0.1) is 0 Å². The van der Waals surface area contributed by atoms with Crippen molar-refractivity contribution in [3.05, 3.63) is 60.2 Å². The first-order chi connectivity index (χ1) is 10.3. The van der Waals surface area contributed by atoms with E-state index in [9.17, 15) is 0 Å². The lowest BCUT2D eigenvalue weighted by Gasteiger charge is -2.14. The van der Waals surface area contributed by atoms with Gasteiger partial charge in [0.2, 0.25) is 0 Å². The van der Waals surface area contributed by atoms with Gasteiger partial charge < -0.3 is 15.4 Å². The maximum Gasteiger partial charge on any atom is 0.142 e. The molecule has 0 atom stereocenters. The summed E-state index contributed by atoms with van der Waals surface area (Å²) in [6, 6.07) is 18.8. The maximum atomic E-state index is 5.92. The molecular weight excluding hydrogens is 260 g/mol. The summed E-state index contributed by atoms with van der Waals surface area (Å²) >= 11 is 0. The van der Waals surface area contributed by atoms with E-state index in [1.807, 2.05) is 36.4 Å². The molecule has 0 heterocycles. The van der Waals surface area contributed by atoms with Gasteiger partial charge in [-0.05, 0) is 17.7 Å². The van der Waals surface area contributed by atoms with E-state index < -0.39 is 0 Å². The summed E-state index contributed by atoms with van der Waals surface area (Å²) in [6.45, 7) is 6.70. The second kappa shape index (κ2) is 8.32. The largest absolute Gasteiger partial charge is 0.487 e. The van der Waals surface area contributed by atoms with Crippen molar-refractivity contribution in [1.82, 2.24) is 5.32 Å². The number of hydrogen-bond donors (Lipinski definition) is 2. The Labute approximate surface area is 127 Å². The lowest BCUT2D eigenvalue weighted by molar-refractivity contribution is 0.307. The van der Waals surface area contributed by atoms with Crippen LogP contribution in [0.3, 0.4) is 0 Å². The standard InChI is InChI=1S/C18H24N2O/c1-15(2)19-12-13-20-17-10-6-7-11-18(17)21-14-16-8-4-3-5-9-16/h3-11,15,19-20H,12-14H2,1-2H3. The maximum absolute atomic E-state index is 5.92. The molecule has 0 aliphatic rings. The number of hydrogen-bond acceptors (Lipinski definition) is 3. The van der Waals surface area contributed by atoms with Crippen molar-refractivity contribution in [2.45, 2.75) is 26.5 Å². The molecule has 3 heteroatoms. The van der Waals surface area contributed by atoms with E-state index in [4.69, 9.17) is 4.74 Å². The quantitative estimate of drug-likeness (QED) is 0.726. The smallest absolute Gasteiger partial charge is 0.142 e. The highest BCUT2D eigenvalue weighted by Crippen LogP contribution is 2.24. The van der Waals surface area contributed by atoms with Crippen molar-refractivity contribution in [1.29, 1.82) is 0 Å². The van der Waals surface area contributed by atoms with Gasteiger partial charge in [-0.1, -0.05) is 56.3 Å². The first kappa shape index (κ1) is 15.4. The third-order valence-corrected chi connectivity index (χ3v) is 3.12. The van der Waals surface area contributed by atoms with Crippen molar-refractivity contribution < 1.29 is 4.74 Å². The molecule has 2 rings (SSSR count). The van der Waals surface area contributed by atoms with Crippen LogP contribution in [-0.2, 0) is 6.61 Å². The van der Waals surface area contributed by atoms with Crippen molar-refractivity contribution >= 4 is 5.69 Å². The van der Waals surface area contributed by atoms with Gasteiger partial charge in [-0.2, -0.15) is 0 Å². The minimum absolute atomic E-state index is 0.511. The van der Waals surface area contributed by atoms with E-state index in [0.29, 0.717) is 12.6 Å². The Morgan fingerprint density at radius 3 is 2.38 bits per heavy atom. The van der Waals surface area contributed by atoms with Gasteiger partial charge in [0.15, 0.2) is 0 Å². The summed E-state index contributed by atoms with van der Waals surface area (Å²) in [7, 11) is 0. The molecule has 0 aliphatic carbocycles. The van der Waals surface area contributed by atoms with E-state index in [1.54, 1.807) is 0 Å². The van der Waals surface area contributed by atoms with Crippen LogP contribution in [0.25, 0.3) is 0 Å². The molecule has 0 aromatic heterocycles. The van der Waals surface area contributed by atoms with Crippen LogP contribution in [0.2, 0.25) is 0 Å². The monoisotopic (exact) mass is 284 g/mol. The van der Waals surface area contributed by atoms with Gasteiger partial charge in [-0.3, -0.25) is 0 Å². The Morgan fingerprint density at radius 2 is 1.62 bits per heavy atom. The number of rotatable bonds is 8. The molecule has 0 radical (unpaired) electrons. The molecule has 0 unspecified atom stereocenters. The fourth-order valence-electron chi connectivity index (χ4n) is 2.03. The zero-order valence-electron chi connectivity index (χ0n) is 12.8. The van der Waals surface area contributed by atoms with Gasteiger partial charge in [0.25, 0.3) is 0 Å². The van der Waals surface area contributed by atoms with Gasteiger partial charge in [0.05, 0.1) is 5.69 Å². The van der Waals surface area contributed by atoms with Crippen molar-refractivity contribution in [2.24, 2.45) is 0 Å². The van der Waals surface area contributed by atoms with Gasteiger partial charge in [0, 0.05) is 19.1 Å². The number of anilines is 1. The normalized spacial score (nSPS) is 10.6. The van der Waals surface area contributed by atoms with Crippen molar-refractivity contribution in [3.8, 4) is 5.75 Å². The van der Waals surface area contributed by atoms with Crippen LogP contribution >= 0.6 is 0 Å². The second-order valence-electron chi connectivity index (χ2n) is 5.31. The number of para-hydroxylation sites is 2. The third-order valence-electron chi connectivity index (χ3n) is 3.12. The Kier molecular flexibility index (Phi) is 6.10. The average molecular weight is 284 g/mol. The van der Waals surface area contributed by atoms with E-state index in [2.05, 4.69) is 42.7 Å². The summed E-state index contributed by atoms with van der Waals surface area (Å²) in [6.07, 6.45) is 0. The minimum atomic E-state index is 0.511. The molecule has 0 spiro atoms. The molecule has 2 N–H and O–H groups in total. The molecule has 0 fully saturated rings. The van der Waals surface area contributed by atoms with Gasteiger partial charge in [-0.15, -0.1) is 0 Å². The fourth-order valence-corrected chi connectivity index (χ4v) is 2.03. The van der Waals surface area contributed by atoms with E-state index in [0.717, 1.165) is 24.5 Å². The Morgan fingerprint density at radius 1 is 0.905 bits per heavy atom. The molecule has 2 aromatic rings. The number of ether oxygens (including phenoxy) is 1. The Balaban J connectivity index is 1.87. The highest BCUT2D eigenvalue weighted by atomic mass is 16.5. The molecule has 0 saturated carbocycles. The van der Waals surface area contributed by atoms with E-state index in [1.165, 1.54) is 5.56 Å². The van der Waals surface area contributed by atoms with Gasteiger partial charge in [0.1, 0.15) is 12.4 Å². The summed E-state index contributed by atoms with van der Waals surface area (Å²) in [5.74, 6) is 0.894.